The highest BCUT2D eigenvalue weighted by Gasteiger charge is 2.55. The summed E-state index contributed by atoms with van der Waals surface area (Å²) < 4.78 is 28.2. The van der Waals surface area contributed by atoms with Crippen molar-refractivity contribution in [3.8, 4) is 0 Å². The van der Waals surface area contributed by atoms with E-state index in [1.807, 2.05) is 19.3 Å². The first-order valence-electron chi connectivity index (χ1n) is 8.76. The van der Waals surface area contributed by atoms with Crippen LogP contribution in [0.25, 0.3) is 0 Å². The third-order valence-corrected chi connectivity index (χ3v) is 7.01. The highest BCUT2D eigenvalue weighted by Crippen LogP contribution is 2.46. The van der Waals surface area contributed by atoms with Gasteiger partial charge in [0.2, 0.25) is 16.0 Å². The van der Waals surface area contributed by atoms with Crippen molar-refractivity contribution >= 4 is 27.5 Å². The number of sulfonamides is 1. The summed E-state index contributed by atoms with van der Waals surface area (Å²) in [7, 11) is -1.32. The van der Waals surface area contributed by atoms with Crippen LogP contribution >= 0.6 is 0 Å². The van der Waals surface area contributed by atoms with Crippen LogP contribution in [0.4, 0.5) is 17.5 Å². The van der Waals surface area contributed by atoms with Crippen molar-refractivity contribution in [1.29, 1.82) is 0 Å². The first-order valence-corrected chi connectivity index (χ1v) is 10.4. The van der Waals surface area contributed by atoms with Gasteiger partial charge in [0.15, 0.2) is 0 Å². The average molecular weight is 377 g/mol. The zero-order valence-corrected chi connectivity index (χ0v) is 15.8. The summed E-state index contributed by atoms with van der Waals surface area (Å²) >= 11 is 0. The molecule has 1 saturated heterocycles. The standard InChI is InChI=1S/C16H23N7O2S/c1-3-26(24,25)23-9-8-22(12-16(23)5-6-16)14-4-7-17-15(20-14)19-13-10-18-21(2)11-13/h4,7,10-11H,3,5-6,8-9,12H2,1-2H3,(H,17,19,20). The molecule has 4 rings (SSSR count). The first kappa shape index (κ1) is 17.2. The Morgan fingerprint density at radius 3 is 2.77 bits per heavy atom. The smallest absolute Gasteiger partial charge is 0.229 e. The number of rotatable bonds is 5. The van der Waals surface area contributed by atoms with Crippen LogP contribution in [0.1, 0.15) is 19.8 Å². The van der Waals surface area contributed by atoms with Gasteiger partial charge in [0.1, 0.15) is 5.82 Å². The predicted octanol–water partition coefficient (Wildman–Crippen LogP) is 0.958. The zero-order chi connectivity index (χ0) is 18.4. The molecule has 0 unspecified atom stereocenters. The largest absolute Gasteiger partial charge is 0.353 e. The molecule has 10 heteroatoms. The van der Waals surface area contributed by atoms with Gasteiger partial charge in [-0.2, -0.15) is 14.4 Å². The number of piperazine rings is 1. The fourth-order valence-electron chi connectivity index (χ4n) is 3.50. The fourth-order valence-corrected chi connectivity index (χ4v) is 5.00. The lowest BCUT2D eigenvalue weighted by atomic mass is 10.2. The van der Waals surface area contributed by atoms with Gasteiger partial charge in [-0.3, -0.25) is 4.68 Å². The molecule has 3 heterocycles. The first-order chi connectivity index (χ1) is 12.4. The third kappa shape index (κ3) is 3.14. The highest BCUT2D eigenvalue weighted by atomic mass is 32.2. The average Bonchev–Trinajstić information content (AvgIpc) is 3.26. The van der Waals surface area contributed by atoms with E-state index >= 15 is 0 Å². The normalized spacial score (nSPS) is 19.7. The molecular formula is C16H23N7O2S. The highest BCUT2D eigenvalue weighted by molar-refractivity contribution is 7.89. The van der Waals surface area contributed by atoms with Gasteiger partial charge < -0.3 is 10.2 Å². The second-order valence-corrected chi connectivity index (χ2v) is 9.07. The number of hydrogen-bond donors (Lipinski definition) is 1. The van der Waals surface area contributed by atoms with Crippen molar-refractivity contribution in [2.45, 2.75) is 25.3 Å². The lowest BCUT2D eigenvalue weighted by Crippen LogP contribution is -2.57. The van der Waals surface area contributed by atoms with Gasteiger partial charge in [0, 0.05) is 39.1 Å². The summed E-state index contributed by atoms with van der Waals surface area (Å²) in [4.78, 5) is 11.0. The lowest BCUT2D eigenvalue weighted by Gasteiger charge is -2.41. The van der Waals surface area contributed by atoms with E-state index in [0.29, 0.717) is 25.6 Å². The number of nitrogens with one attached hydrogen (secondary N) is 1. The Morgan fingerprint density at radius 1 is 1.31 bits per heavy atom. The van der Waals surface area contributed by atoms with E-state index in [2.05, 4.69) is 25.3 Å². The number of anilines is 3. The molecule has 1 aliphatic heterocycles. The van der Waals surface area contributed by atoms with Crippen molar-refractivity contribution in [3.63, 3.8) is 0 Å². The summed E-state index contributed by atoms with van der Waals surface area (Å²) in [6, 6.07) is 1.87. The van der Waals surface area contributed by atoms with E-state index in [1.165, 1.54) is 0 Å². The second-order valence-electron chi connectivity index (χ2n) is 6.88. The van der Waals surface area contributed by atoms with Crippen molar-refractivity contribution in [3.05, 3.63) is 24.7 Å². The summed E-state index contributed by atoms with van der Waals surface area (Å²) in [5.74, 6) is 1.47. The van der Waals surface area contributed by atoms with E-state index in [-0.39, 0.29) is 11.3 Å². The van der Waals surface area contributed by atoms with Gasteiger partial charge in [-0.15, -0.1) is 0 Å². The fraction of sp³-hybridized carbons (Fsp3) is 0.562. The number of aryl methyl sites for hydroxylation is 1. The quantitative estimate of drug-likeness (QED) is 0.829. The van der Waals surface area contributed by atoms with Crippen molar-refractivity contribution in [1.82, 2.24) is 24.1 Å². The molecule has 1 N–H and O–H groups in total. The van der Waals surface area contributed by atoms with Crippen LogP contribution in [0.3, 0.4) is 0 Å². The molecular weight excluding hydrogens is 354 g/mol. The molecule has 2 aliphatic rings. The molecule has 140 valence electrons. The maximum absolute atomic E-state index is 12.4. The maximum Gasteiger partial charge on any atom is 0.229 e. The van der Waals surface area contributed by atoms with Crippen molar-refractivity contribution in [2.75, 3.05) is 35.6 Å². The number of nitrogens with zero attached hydrogens (tertiary/aromatic N) is 6. The van der Waals surface area contributed by atoms with E-state index < -0.39 is 10.0 Å². The van der Waals surface area contributed by atoms with E-state index in [4.69, 9.17) is 0 Å². The minimum Gasteiger partial charge on any atom is -0.353 e. The molecule has 2 fully saturated rings. The van der Waals surface area contributed by atoms with Crippen LogP contribution in [0.2, 0.25) is 0 Å². The Labute approximate surface area is 153 Å². The Balaban J connectivity index is 1.52. The summed E-state index contributed by atoms with van der Waals surface area (Å²) in [5, 5.41) is 7.26. The van der Waals surface area contributed by atoms with Gasteiger partial charge in [-0.05, 0) is 25.8 Å². The molecule has 1 saturated carbocycles. The lowest BCUT2D eigenvalue weighted by molar-refractivity contribution is 0.270. The Bertz CT molecular complexity index is 907. The van der Waals surface area contributed by atoms with Gasteiger partial charge >= 0.3 is 0 Å². The van der Waals surface area contributed by atoms with Crippen LogP contribution in [0.15, 0.2) is 24.7 Å². The molecule has 9 nitrogen and oxygen atoms in total. The number of hydrogen-bond acceptors (Lipinski definition) is 7. The second kappa shape index (κ2) is 6.20. The van der Waals surface area contributed by atoms with E-state index in [1.54, 1.807) is 28.3 Å². The minimum atomic E-state index is -3.17. The molecule has 0 aromatic carbocycles. The van der Waals surface area contributed by atoms with Gasteiger partial charge in [-0.25, -0.2) is 13.4 Å². The molecule has 26 heavy (non-hydrogen) atoms. The summed E-state index contributed by atoms with van der Waals surface area (Å²) in [6.45, 7) is 3.52. The van der Waals surface area contributed by atoms with Crippen molar-refractivity contribution < 1.29 is 8.42 Å². The summed E-state index contributed by atoms with van der Waals surface area (Å²) in [5.41, 5.74) is 0.566. The molecule has 0 amide bonds. The molecule has 0 atom stereocenters. The molecule has 2 aromatic heterocycles. The van der Waals surface area contributed by atoms with Gasteiger partial charge in [-0.1, -0.05) is 0 Å². The minimum absolute atomic E-state index is 0.154. The monoisotopic (exact) mass is 377 g/mol. The Morgan fingerprint density at radius 2 is 2.12 bits per heavy atom. The third-order valence-electron chi connectivity index (χ3n) is 5.04. The topological polar surface area (TPSA) is 96.3 Å². The predicted molar refractivity (Wildman–Crippen MR) is 98.9 cm³/mol. The maximum atomic E-state index is 12.4. The molecule has 2 aromatic rings. The molecule has 1 aliphatic carbocycles. The van der Waals surface area contributed by atoms with Crippen molar-refractivity contribution in [2.24, 2.45) is 7.05 Å². The van der Waals surface area contributed by atoms with Gasteiger partial charge in [0.05, 0.1) is 23.2 Å². The van der Waals surface area contributed by atoms with Crippen LogP contribution in [-0.4, -0.2) is 63.4 Å². The van der Waals surface area contributed by atoms with Crippen LogP contribution in [0, 0.1) is 0 Å². The SMILES string of the molecule is CCS(=O)(=O)N1CCN(c2ccnc(Nc3cnn(C)c3)n2)CC12CC2. The zero-order valence-electron chi connectivity index (χ0n) is 15.0. The van der Waals surface area contributed by atoms with Crippen LogP contribution in [0.5, 0.6) is 0 Å². The molecule has 0 bridgehead atoms. The van der Waals surface area contributed by atoms with Gasteiger partial charge in [0.25, 0.3) is 0 Å². The van der Waals surface area contributed by atoms with Crippen LogP contribution in [-0.2, 0) is 17.1 Å². The van der Waals surface area contributed by atoms with E-state index in [9.17, 15) is 8.42 Å². The Hall–Kier alpha value is -2.20. The van der Waals surface area contributed by atoms with E-state index in [0.717, 1.165) is 24.3 Å². The Kier molecular flexibility index (Phi) is 4.11. The molecule has 1 spiro atoms. The van der Waals surface area contributed by atoms with Crippen LogP contribution < -0.4 is 10.2 Å². The summed E-state index contributed by atoms with van der Waals surface area (Å²) in [6.07, 6.45) is 7.10. The molecule has 0 radical (unpaired) electrons. The number of aromatic nitrogens is 4.